The van der Waals surface area contributed by atoms with Crippen molar-refractivity contribution in [3.63, 3.8) is 0 Å². The van der Waals surface area contributed by atoms with Gasteiger partial charge in [0, 0.05) is 18.4 Å². The van der Waals surface area contributed by atoms with Crippen LogP contribution in [-0.4, -0.2) is 4.98 Å². The van der Waals surface area contributed by atoms with E-state index in [1.54, 1.807) is 12.4 Å². The lowest BCUT2D eigenvalue weighted by molar-refractivity contribution is 0.697. The quantitative estimate of drug-likeness (QED) is 0.811. The van der Waals surface area contributed by atoms with Crippen molar-refractivity contribution >= 4 is 24.8 Å². The molecule has 0 aliphatic heterocycles. The highest BCUT2D eigenvalue weighted by atomic mass is 35.5. The molecule has 0 aliphatic carbocycles. The Morgan fingerprint density at radius 3 is 2.25 bits per heavy atom. The van der Waals surface area contributed by atoms with Crippen molar-refractivity contribution in [3.05, 3.63) is 30.1 Å². The van der Waals surface area contributed by atoms with E-state index in [4.69, 9.17) is 5.73 Å². The van der Waals surface area contributed by atoms with E-state index in [1.807, 2.05) is 12.1 Å². The fourth-order valence-corrected chi connectivity index (χ4v) is 0.846. The number of rotatable bonds is 2. The maximum atomic E-state index is 5.77. The molecule has 0 fully saturated rings. The summed E-state index contributed by atoms with van der Waals surface area (Å²) in [5, 5.41) is 0. The molecule has 12 heavy (non-hydrogen) atoms. The number of halogens is 2. The van der Waals surface area contributed by atoms with Crippen LogP contribution in [0, 0.1) is 0 Å². The van der Waals surface area contributed by atoms with E-state index in [2.05, 4.69) is 11.9 Å². The third-order valence-electron chi connectivity index (χ3n) is 1.57. The van der Waals surface area contributed by atoms with Gasteiger partial charge in [-0.1, -0.05) is 6.92 Å². The molecule has 0 spiro atoms. The number of aromatic nitrogens is 1. The topological polar surface area (TPSA) is 38.9 Å². The summed E-state index contributed by atoms with van der Waals surface area (Å²) in [6, 6.07) is 4.07. The summed E-state index contributed by atoms with van der Waals surface area (Å²) in [5.41, 5.74) is 6.93. The molecule has 0 aliphatic rings. The predicted octanol–water partition coefficient (Wildman–Crippen LogP) is 2.34. The SMILES string of the molecule is CCC(N)c1ccncc1.Cl.Cl. The second kappa shape index (κ2) is 7.35. The number of nitrogens with zero attached hydrogens (tertiary/aromatic N) is 1. The smallest absolute Gasteiger partial charge is 0.0293 e. The molecule has 4 heteroatoms. The maximum absolute atomic E-state index is 5.77. The van der Waals surface area contributed by atoms with Crippen molar-refractivity contribution in [1.82, 2.24) is 4.98 Å². The summed E-state index contributed by atoms with van der Waals surface area (Å²) < 4.78 is 0. The largest absolute Gasteiger partial charge is 0.324 e. The van der Waals surface area contributed by atoms with Gasteiger partial charge in [0.1, 0.15) is 0 Å². The monoisotopic (exact) mass is 208 g/mol. The summed E-state index contributed by atoms with van der Waals surface area (Å²) in [6.07, 6.45) is 4.51. The van der Waals surface area contributed by atoms with Crippen molar-refractivity contribution in [1.29, 1.82) is 0 Å². The Hall–Kier alpha value is -0.310. The van der Waals surface area contributed by atoms with E-state index in [0.717, 1.165) is 12.0 Å². The fourth-order valence-electron chi connectivity index (χ4n) is 0.846. The fraction of sp³-hybridized carbons (Fsp3) is 0.375. The molecule has 0 saturated carbocycles. The molecule has 1 unspecified atom stereocenters. The van der Waals surface area contributed by atoms with Gasteiger partial charge in [0.25, 0.3) is 0 Å². The highest BCUT2D eigenvalue weighted by molar-refractivity contribution is 5.85. The maximum Gasteiger partial charge on any atom is 0.0293 e. The minimum atomic E-state index is 0. The zero-order valence-corrected chi connectivity index (χ0v) is 8.57. The van der Waals surface area contributed by atoms with Crippen molar-refractivity contribution < 1.29 is 0 Å². The highest BCUT2D eigenvalue weighted by Crippen LogP contribution is 2.10. The van der Waals surface area contributed by atoms with Crippen molar-refractivity contribution in [2.24, 2.45) is 5.73 Å². The van der Waals surface area contributed by atoms with E-state index in [-0.39, 0.29) is 30.9 Å². The first-order valence-corrected chi connectivity index (χ1v) is 3.50. The molecule has 0 aromatic carbocycles. The minimum absolute atomic E-state index is 0. The lowest BCUT2D eigenvalue weighted by Crippen LogP contribution is -2.07. The molecular weight excluding hydrogens is 195 g/mol. The van der Waals surface area contributed by atoms with Crippen LogP contribution < -0.4 is 5.73 Å². The van der Waals surface area contributed by atoms with E-state index in [0.29, 0.717) is 0 Å². The molecule has 1 rings (SSSR count). The summed E-state index contributed by atoms with van der Waals surface area (Å²) >= 11 is 0. The number of hydrogen-bond acceptors (Lipinski definition) is 2. The standard InChI is InChI=1S/C8H12N2.2ClH/c1-2-8(9)7-3-5-10-6-4-7;;/h3-6,8H,2,9H2,1H3;2*1H. The first kappa shape index (κ1) is 14.2. The van der Waals surface area contributed by atoms with Gasteiger partial charge < -0.3 is 5.73 Å². The Balaban J connectivity index is 0. The molecule has 1 aromatic rings. The summed E-state index contributed by atoms with van der Waals surface area (Å²) in [4.78, 5) is 3.91. The summed E-state index contributed by atoms with van der Waals surface area (Å²) in [5.74, 6) is 0. The Bertz CT molecular complexity index is 192. The number of pyridine rings is 1. The van der Waals surface area contributed by atoms with Crippen LogP contribution in [0.1, 0.15) is 24.9 Å². The normalized spacial score (nSPS) is 10.8. The van der Waals surface area contributed by atoms with Crippen LogP contribution in [0.3, 0.4) is 0 Å². The van der Waals surface area contributed by atoms with Crippen LogP contribution >= 0.6 is 24.8 Å². The van der Waals surface area contributed by atoms with E-state index < -0.39 is 0 Å². The first-order valence-electron chi connectivity index (χ1n) is 3.50. The van der Waals surface area contributed by atoms with Gasteiger partial charge in [0.05, 0.1) is 0 Å². The second-order valence-electron chi connectivity index (χ2n) is 2.30. The van der Waals surface area contributed by atoms with Crippen LogP contribution in [0.4, 0.5) is 0 Å². The minimum Gasteiger partial charge on any atom is -0.324 e. The molecule has 1 heterocycles. The zero-order valence-electron chi connectivity index (χ0n) is 6.93. The second-order valence-corrected chi connectivity index (χ2v) is 2.30. The first-order chi connectivity index (χ1) is 4.84. The molecule has 0 radical (unpaired) electrons. The third-order valence-corrected chi connectivity index (χ3v) is 1.57. The lowest BCUT2D eigenvalue weighted by Gasteiger charge is -2.06. The molecule has 0 amide bonds. The van der Waals surface area contributed by atoms with Crippen molar-refractivity contribution in [2.75, 3.05) is 0 Å². The van der Waals surface area contributed by atoms with Gasteiger partial charge in [-0.3, -0.25) is 4.98 Å². The van der Waals surface area contributed by atoms with Gasteiger partial charge >= 0.3 is 0 Å². The molecule has 0 bridgehead atoms. The molecule has 2 N–H and O–H groups in total. The third kappa shape index (κ3) is 3.90. The average Bonchev–Trinajstić information content (AvgIpc) is 2.05. The molecule has 2 nitrogen and oxygen atoms in total. The van der Waals surface area contributed by atoms with E-state index in [1.165, 1.54) is 0 Å². The van der Waals surface area contributed by atoms with Crippen LogP contribution in [0.5, 0.6) is 0 Å². The van der Waals surface area contributed by atoms with Gasteiger partial charge in [-0.05, 0) is 24.1 Å². The number of hydrogen-bond donors (Lipinski definition) is 1. The van der Waals surface area contributed by atoms with Crippen LogP contribution in [0.25, 0.3) is 0 Å². The molecule has 1 atom stereocenters. The van der Waals surface area contributed by atoms with E-state index >= 15 is 0 Å². The molecule has 0 saturated heterocycles. The van der Waals surface area contributed by atoms with Crippen LogP contribution in [0.15, 0.2) is 24.5 Å². The zero-order chi connectivity index (χ0) is 7.40. The van der Waals surface area contributed by atoms with E-state index in [9.17, 15) is 0 Å². The Labute approximate surface area is 85.4 Å². The van der Waals surface area contributed by atoms with Crippen LogP contribution in [-0.2, 0) is 0 Å². The average molecular weight is 209 g/mol. The molecule has 1 aromatic heterocycles. The van der Waals surface area contributed by atoms with Crippen molar-refractivity contribution in [3.8, 4) is 0 Å². The number of nitrogens with two attached hydrogens (primary N) is 1. The highest BCUT2D eigenvalue weighted by Gasteiger charge is 1.99. The van der Waals surface area contributed by atoms with Gasteiger partial charge in [-0.15, -0.1) is 24.8 Å². The Kier molecular flexibility index (Phi) is 8.71. The molecule has 70 valence electrons. The van der Waals surface area contributed by atoms with Gasteiger partial charge in [-0.2, -0.15) is 0 Å². The molecular formula is C8H14Cl2N2. The lowest BCUT2D eigenvalue weighted by atomic mass is 10.1. The van der Waals surface area contributed by atoms with Gasteiger partial charge in [-0.25, -0.2) is 0 Å². The Morgan fingerprint density at radius 1 is 1.33 bits per heavy atom. The van der Waals surface area contributed by atoms with Gasteiger partial charge in [0.15, 0.2) is 0 Å². The van der Waals surface area contributed by atoms with Crippen molar-refractivity contribution in [2.45, 2.75) is 19.4 Å². The summed E-state index contributed by atoms with van der Waals surface area (Å²) in [6.45, 7) is 2.07. The van der Waals surface area contributed by atoms with Gasteiger partial charge in [0.2, 0.25) is 0 Å². The summed E-state index contributed by atoms with van der Waals surface area (Å²) in [7, 11) is 0. The predicted molar refractivity (Wildman–Crippen MR) is 56.0 cm³/mol. The Morgan fingerprint density at radius 2 is 1.83 bits per heavy atom. The van der Waals surface area contributed by atoms with Crippen LogP contribution in [0.2, 0.25) is 0 Å².